The molecule has 1 unspecified atom stereocenters. The monoisotopic (exact) mass is 240 g/mol. The van der Waals surface area contributed by atoms with Crippen LogP contribution in [0.1, 0.15) is 39.5 Å². The Morgan fingerprint density at radius 1 is 1.29 bits per heavy atom. The lowest BCUT2D eigenvalue weighted by Crippen LogP contribution is -2.41. The highest BCUT2D eigenvalue weighted by molar-refractivity contribution is 4.78. The van der Waals surface area contributed by atoms with Gasteiger partial charge >= 0.3 is 0 Å². The maximum absolute atomic E-state index is 5.60. The minimum atomic E-state index is 0.482. The van der Waals surface area contributed by atoms with Crippen molar-refractivity contribution in [3.63, 3.8) is 0 Å². The fourth-order valence-corrected chi connectivity index (χ4v) is 2.69. The number of piperidine rings is 1. The van der Waals surface area contributed by atoms with Crippen molar-refractivity contribution < 1.29 is 4.74 Å². The van der Waals surface area contributed by atoms with Crippen molar-refractivity contribution in [2.75, 3.05) is 39.3 Å². The zero-order chi connectivity index (χ0) is 12.1. The first-order valence-electron chi connectivity index (χ1n) is 7.20. The van der Waals surface area contributed by atoms with E-state index in [0.717, 1.165) is 19.7 Å². The fourth-order valence-electron chi connectivity index (χ4n) is 2.69. The Bertz CT molecular complexity index is 214. The summed E-state index contributed by atoms with van der Waals surface area (Å²) in [6.45, 7) is 11.6. The van der Waals surface area contributed by atoms with Crippen molar-refractivity contribution in [2.24, 2.45) is 5.41 Å². The van der Waals surface area contributed by atoms with Crippen molar-refractivity contribution in [1.29, 1.82) is 0 Å². The Kier molecular flexibility index (Phi) is 4.83. The van der Waals surface area contributed by atoms with Gasteiger partial charge in [-0.2, -0.15) is 0 Å². The van der Waals surface area contributed by atoms with E-state index in [1.807, 2.05) is 0 Å². The molecule has 2 saturated heterocycles. The Morgan fingerprint density at radius 2 is 2.06 bits per heavy atom. The zero-order valence-electron chi connectivity index (χ0n) is 11.5. The van der Waals surface area contributed by atoms with Crippen LogP contribution in [0.5, 0.6) is 0 Å². The van der Waals surface area contributed by atoms with Crippen LogP contribution in [0.25, 0.3) is 0 Å². The van der Waals surface area contributed by atoms with Gasteiger partial charge in [0.05, 0.1) is 6.10 Å². The molecule has 0 spiro atoms. The first-order chi connectivity index (χ1) is 8.16. The summed E-state index contributed by atoms with van der Waals surface area (Å²) in [4.78, 5) is 2.59. The van der Waals surface area contributed by atoms with Crippen LogP contribution in [-0.2, 0) is 4.74 Å². The highest BCUT2D eigenvalue weighted by atomic mass is 16.5. The van der Waals surface area contributed by atoms with Crippen LogP contribution in [0.3, 0.4) is 0 Å². The lowest BCUT2D eigenvalue weighted by molar-refractivity contribution is 0.106. The van der Waals surface area contributed by atoms with Crippen LogP contribution in [0.4, 0.5) is 0 Å². The van der Waals surface area contributed by atoms with Crippen LogP contribution in [0.15, 0.2) is 0 Å². The molecule has 3 nitrogen and oxygen atoms in total. The van der Waals surface area contributed by atoms with E-state index < -0.39 is 0 Å². The average Bonchev–Trinajstić information content (AvgIpc) is 2.79. The largest absolute Gasteiger partial charge is 0.377 e. The van der Waals surface area contributed by atoms with Gasteiger partial charge in [0.2, 0.25) is 0 Å². The normalized spacial score (nSPS) is 29.6. The van der Waals surface area contributed by atoms with Gasteiger partial charge in [0.25, 0.3) is 0 Å². The van der Waals surface area contributed by atoms with Crippen molar-refractivity contribution in [2.45, 2.75) is 45.6 Å². The van der Waals surface area contributed by atoms with Crippen molar-refractivity contribution in [3.05, 3.63) is 0 Å². The lowest BCUT2D eigenvalue weighted by Gasteiger charge is -2.36. The van der Waals surface area contributed by atoms with E-state index in [4.69, 9.17) is 4.74 Å². The lowest BCUT2D eigenvalue weighted by atomic mass is 9.83. The summed E-state index contributed by atoms with van der Waals surface area (Å²) in [7, 11) is 0. The Balaban J connectivity index is 1.51. The third-order valence-electron chi connectivity index (χ3n) is 4.21. The van der Waals surface area contributed by atoms with Gasteiger partial charge in [0, 0.05) is 26.2 Å². The number of nitrogens with zero attached hydrogens (tertiary/aromatic N) is 1. The van der Waals surface area contributed by atoms with Gasteiger partial charge < -0.3 is 15.0 Å². The van der Waals surface area contributed by atoms with Crippen molar-refractivity contribution in [1.82, 2.24) is 10.2 Å². The molecule has 3 heteroatoms. The summed E-state index contributed by atoms with van der Waals surface area (Å²) < 4.78 is 5.60. The molecule has 2 fully saturated rings. The van der Waals surface area contributed by atoms with Crippen molar-refractivity contribution >= 4 is 0 Å². The van der Waals surface area contributed by atoms with E-state index in [-0.39, 0.29) is 0 Å². The molecular weight excluding hydrogens is 212 g/mol. The number of likely N-dealkylation sites (tertiary alicyclic amines) is 1. The van der Waals surface area contributed by atoms with Crippen LogP contribution < -0.4 is 5.32 Å². The van der Waals surface area contributed by atoms with Gasteiger partial charge in [-0.05, 0) is 44.2 Å². The van der Waals surface area contributed by atoms with E-state index in [2.05, 4.69) is 24.1 Å². The Labute approximate surface area is 106 Å². The SMILES string of the molecule is CC1(C)CCN(CCNCC2CCCO2)CC1. The molecule has 2 heterocycles. The second-order valence-electron chi connectivity index (χ2n) is 6.35. The second kappa shape index (κ2) is 6.17. The fraction of sp³-hybridized carbons (Fsp3) is 1.00. The Morgan fingerprint density at radius 3 is 2.71 bits per heavy atom. The van der Waals surface area contributed by atoms with Gasteiger partial charge in [-0.15, -0.1) is 0 Å². The van der Waals surface area contributed by atoms with Crippen LogP contribution in [-0.4, -0.2) is 50.3 Å². The molecular formula is C14H28N2O. The molecule has 1 atom stereocenters. The van der Waals surface area contributed by atoms with E-state index in [1.54, 1.807) is 0 Å². The van der Waals surface area contributed by atoms with Gasteiger partial charge in [0.15, 0.2) is 0 Å². The number of ether oxygens (including phenoxy) is 1. The molecule has 0 aromatic carbocycles. The predicted octanol–water partition coefficient (Wildman–Crippen LogP) is 1.88. The third kappa shape index (κ3) is 4.57. The third-order valence-corrected chi connectivity index (χ3v) is 4.21. The molecule has 0 radical (unpaired) electrons. The molecule has 0 aliphatic carbocycles. The minimum Gasteiger partial charge on any atom is -0.377 e. The van der Waals surface area contributed by atoms with Crippen molar-refractivity contribution in [3.8, 4) is 0 Å². The first-order valence-corrected chi connectivity index (χ1v) is 7.20. The molecule has 1 N–H and O–H groups in total. The Hall–Kier alpha value is -0.120. The average molecular weight is 240 g/mol. The summed E-state index contributed by atoms with van der Waals surface area (Å²) in [6.07, 6.45) is 5.66. The standard InChI is InChI=1S/C14H28N2O/c1-14(2)5-8-16(9-6-14)10-7-15-12-13-4-3-11-17-13/h13,15H,3-12H2,1-2H3. The molecule has 0 saturated carbocycles. The molecule has 0 bridgehead atoms. The molecule has 2 aliphatic rings. The maximum Gasteiger partial charge on any atom is 0.0700 e. The maximum atomic E-state index is 5.60. The van der Waals surface area contributed by atoms with Crippen LogP contribution in [0, 0.1) is 5.41 Å². The van der Waals surface area contributed by atoms with Gasteiger partial charge in [-0.25, -0.2) is 0 Å². The first kappa shape index (κ1) is 13.3. The highest BCUT2D eigenvalue weighted by Gasteiger charge is 2.24. The summed E-state index contributed by atoms with van der Waals surface area (Å²) in [5, 5.41) is 3.53. The van der Waals surface area contributed by atoms with Crippen LogP contribution >= 0.6 is 0 Å². The minimum absolute atomic E-state index is 0.482. The molecule has 2 aliphatic heterocycles. The highest BCUT2D eigenvalue weighted by Crippen LogP contribution is 2.29. The molecule has 17 heavy (non-hydrogen) atoms. The molecule has 100 valence electrons. The number of nitrogens with one attached hydrogen (secondary N) is 1. The van der Waals surface area contributed by atoms with Crippen LogP contribution in [0.2, 0.25) is 0 Å². The summed E-state index contributed by atoms with van der Waals surface area (Å²) in [5.74, 6) is 0. The topological polar surface area (TPSA) is 24.5 Å². The quantitative estimate of drug-likeness (QED) is 0.743. The molecule has 0 amide bonds. The van der Waals surface area contributed by atoms with E-state index in [0.29, 0.717) is 11.5 Å². The predicted molar refractivity (Wildman–Crippen MR) is 71.3 cm³/mol. The smallest absolute Gasteiger partial charge is 0.0700 e. The zero-order valence-corrected chi connectivity index (χ0v) is 11.5. The van der Waals surface area contributed by atoms with E-state index in [9.17, 15) is 0 Å². The molecule has 2 rings (SSSR count). The van der Waals surface area contributed by atoms with Gasteiger partial charge in [0.1, 0.15) is 0 Å². The molecule has 0 aromatic heterocycles. The molecule has 0 aromatic rings. The summed E-state index contributed by atoms with van der Waals surface area (Å²) in [5.41, 5.74) is 0.571. The second-order valence-corrected chi connectivity index (χ2v) is 6.35. The number of hydrogen-bond donors (Lipinski definition) is 1. The van der Waals surface area contributed by atoms with E-state index in [1.165, 1.54) is 45.3 Å². The summed E-state index contributed by atoms with van der Waals surface area (Å²) >= 11 is 0. The number of rotatable bonds is 5. The van der Waals surface area contributed by atoms with E-state index >= 15 is 0 Å². The number of hydrogen-bond acceptors (Lipinski definition) is 3. The summed E-state index contributed by atoms with van der Waals surface area (Å²) in [6, 6.07) is 0. The van der Waals surface area contributed by atoms with Gasteiger partial charge in [-0.1, -0.05) is 13.8 Å². The van der Waals surface area contributed by atoms with Gasteiger partial charge in [-0.3, -0.25) is 0 Å².